The number of para-hydroxylation sites is 1. The van der Waals surface area contributed by atoms with Gasteiger partial charge in [-0.25, -0.2) is 8.42 Å². The first-order chi connectivity index (χ1) is 14.8. The van der Waals surface area contributed by atoms with Crippen molar-refractivity contribution in [3.05, 3.63) is 65.9 Å². The van der Waals surface area contributed by atoms with Gasteiger partial charge in [-0.05, 0) is 38.8 Å². The number of aromatic nitrogens is 1. The first-order valence-electron chi connectivity index (χ1n) is 10.5. The topological polar surface area (TPSA) is 77.4 Å². The van der Waals surface area contributed by atoms with Crippen LogP contribution in [0.5, 0.6) is 0 Å². The van der Waals surface area contributed by atoms with E-state index in [0.29, 0.717) is 18.5 Å². The Hall–Kier alpha value is -2.64. The average molecular weight is 443 g/mol. The molecule has 7 heteroatoms. The van der Waals surface area contributed by atoms with E-state index < -0.39 is 9.84 Å². The minimum atomic E-state index is -3.57. The summed E-state index contributed by atoms with van der Waals surface area (Å²) >= 11 is 0. The predicted molar refractivity (Wildman–Crippen MR) is 123 cm³/mol. The van der Waals surface area contributed by atoms with Crippen LogP contribution in [0.1, 0.15) is 31.4 Å². The third-order valence-corrected chi connectivity index (χ3v) is 6.68. The van der Waals surface area contributed by atoms with E-state index in [1.807, 2.05) is 63.2 Å². The number of amides is 1. The Morgan fingerprint density at radius 2 is 1.81 bits per heavy atom. The molecule has 1 amide bonds. The molecule has 1 aromatic heterocycles. The van der Waals surface area contributed by atoms with Crippen LogP contribution in [0.4, 0.5) is 0 Å². The highest BCUT2D eigenvalue weighted by molar-refractivity contribution is 7.90. The number of hydrogen-bond acceptors (Lipinski definition) is 4. The van der Waals surface area contributed by atoms with Gasteiger partial charge in [0.1, 0.15) is 6.54 Å². The van der Waals surface area contributed by atoms with E-state index in [9.17, 15) is 13.2 Å². The van der Waals surface area contributed by atoms with Gasteiger partial charge in [0, 0.05) is 30.3 Å². The molecule has 31 heavy (non-hydrogen) atoms. The van der Waals surface area contributed by atoms with Crippen molar-refractivity contribution in [1.82, 2.24) is 9.88 Å². The Balaban J connectivity index is 1.75. The number of rotatable bonds is 10. The number of ether oxygens (including phenoxy) is 1. The van der Waals surface area contributed by atoms with E-state index in [4.69, 9.17) is 4.74 Å². The zero-order chi connectivity index (χ0) is 22.4. The molecule has 0 aliphatic rings. The lowest BCUT2D eigenvalue weighted by molar-refractivity contribution is -0.121. The number of benzene rings is 2. The van der Waals surface area contributed by atoms with E-state index in [1.54, 1.807) is 16.8 Å². The summed E-state index contributed by atoms with van der Waals surface area (Å²) in [6.07, 6.45) is 2.48. The van der Waals surface area contributed by atoms with Crippen molar-refractivity contribution in [2.24, 2.45) is 0 Å². The first-order valence-corrected chi connectivity index (χ1v) is 12.2. The highest BCUT2D eigenvalue weighted by atomic mass is 32.2. The molecule has 3 rings (SSSR count). The second kappa shape index (κ2) is 10.1. The van der Waals surface area contributed by atoms with Gasteiger partial charge in [-0.2, -0.15) is 0 Å². The Labute approximate surface area is 184 Å². The molecular weight excluding hydrogens is 412 g/mol. The van der Waals surface area contributed by atoms with Gasteiger partial charge in [-0.1, -0.05) is 48.0 Å². The molecule has 0 aliphatic carbocycles. The maximum absolute atomic E-state index is 13.2. The van der Waals surface area contributed by atoms with E-state index >= 15 is 0 Å². The van der Waals surface area contributed by atoms with Crippen LogP contribution in [0.15, 0.2) is 59.6 Å². The minimum absolute atomic E-state index is 0.0611. The zero-order valence-electron chi connectivity index (χ0n) is 18.3. The van der Waals surface area contributed by atoms with Gasteiger partial charge in [0.2, 0.25) is 5.91 Å². The number of fused-ring (bicyclic) bond motifs is 1. The van der Waals surface area contributed by atoms with Crippen LogP contribution < -0.4 is 5.32 Å². The van der Waals surface area contributed by atoms with Crippen molar-refractivity contribution < 1.29 is 17.9 Å². The molecule has 0 radical (unpaired) electrons. The van der Waals surface area contributed by atoms with Crippen molar-refractivity contribution in [3.63, 3.8) is 0 Å². The number of nitrogens with zero attached hydrogens (tertiary/aromatic N) is 1. The summed E-state index contributed by atoms with van der Waals surface area (Å²) in [5.74, 6) is -0.239. The SMILES string of the molecule is Cc1ccc(CS(=O)(=O)c2cn(CC(=O)NCCCOC(C)C)c3ccccc23)cc1. The molecule has 3 aromatic rings. The fourth-order valence-corrected chi connectivity index (χ4v) is 4.99. The molecule has 0 unspecified atom stereocenters. The lowest BCUT2D eigenvalue weighted by Crippen LogP contribution is -2.29. The van der Waals surface area contributed by atoms with Gasteiger partial charge < -0.3 is 14.6 Å². The number of carbonyl (C=O) groups excluding carboxylic acids is 1. The summed E-state index contributed by atoms with van der Waals surface area (Å²) in [4.78, 5) is 12.7. The van der Waals surface area contributed by atoms with Gasteiger partial charge in [-0.3, -0.25) is 4.79 Å². The van der Waals surface area contributed by atoms with Gasteiger partial charge in [0.05, 0.1) is 16.8 Å². The summed E-state index contributed by atoms with van der Waals surface area (Å²) in [6, 6.07) is 14.8. The normalized spacial score (nSPS) is 11.9. The fraction of sp³-hybridized carbons (Fsp3) is 0.375. The molecule has 6 nitrogen and oxygen atoms in total. The molecule has 1 heterocycles. The monoisotopic (exact) mass is 442 g/mol. The van der Waals surface area contributed by atoms with Crippen LogP contribution >= 0.6 is 0 Å². The van der Waals surface area contributed by atoms with Gasteiger partial charge in [0.25, 0.3) is 0 Å². The lowest BCUT2D eigenvalue weighted by Gasteiger charge is -2.09. The molecule has 1 N–H and O–H groups in total. The predicted octanol–water partition coefficient (Wildman–Crippen LogP) is 3.85. The fourth-order valence-electron chi connectivity index (χ4n) is 3.40. The summed E-state index contributed by atoms with van der Waals surface area (Å²) < 4.78 is 33.5. The molecular formula is C24H30N2O4S. The van der Waals surface area contributed by atoms with Gasteiger partial charge in [0.15, 0.2) is 9.84 Å². The molecule has 0 saturated carbocycles. The van der Waals surface area contributed by atoms with Crippen molar-refractivity contribution in [3.8, 4) is 0 Å². The van der Waals surface area contributed by atoms with Gasteiger partial charge >= 0.3 is 0 Å². The highest BCUT2D eigenvalue weighted by Gasteiger charge is 2.22. The molecule has 0 fully saturated rings. The maximum Gasteiger partial charge on any atom is 0.239 e. The second-order valence-corrected chi connectivity index (χ2v) is 9.96. The maximum atomic E-state index is 13.2. The zero-order valence-corrected chi connectivity index (χ0v) is 19.1. The largest absolute Gasteiger partial charge is 0.379 e. The van der Waals surface area contributed by atoms with Crippen LogP contribution in [0.25, 0.3) is 10.9 Å². The summed E-state index contributed by atoms with van der Waals surface area (Å²) in [5.41, 5.74) is 2.55. The van der Waals surface area contributed by atoms with Crippen molar-refractivity contribution >= 4 is 26.6 Å². The quantitative estimate of drug-likeness (QED) is 0.484. The van der Waals surface area contributed by atoms with Crippen LogP contribution in [0.2, 0.25) is 0 Å². The van der Waals surface area contributed by atoms with Crippen LogP contribution in [0.3, 0.4) is 0 Å². The molecule has 0 saturated heterocycles. The second-order valence-electron chi connectivity index (χ2n) is 8.01. The summed E-state index contributed by atoms with van der Waals surface area (Å²) in [6.45, 7) is 7.08. The number of aryl methyl sites for hydroxylation is 1. The lowest BCUT2D eigenvalue weighted by atomic mass is 10.2. The number of hydrogen-bond donors (Lipinski definition) is 1. The van der Waals surface area contributed by atoms with Crippen LogP contribution in [-0.4, -0.2) is 38.1 Å². The van der Waals surface area contributed by atoms with Gasteiger partial charge in [-0.15, -0.1) is 0 Å². The third-order valence-electron chi connectivity index (χ3n) is 4.97. The molecule has 166 valence electrons. The summed E-state index contributed by atoms with van der Waals surface area (Å²) in [7, 11) is -3.57. The number of sulfone groups is 1. The Bertz CT molecular complexity index is 1130. The average Bonchev–Trinajstić information content (AvgIpc) is 3.08. The molecule has 0 aliphatic heterocycles. The highest BCUT2D eigenvalue weighted by Crippen LogP contribution is 2.28. The Morgan fingerprint density at radius 1 is 1.10 bits per heavy atom. The minimum Gasteiger partial charge on any atom is -0.379 e. The standard InChI is InChI=1S/C24H30N2O4S/c1-18(2)30-14-6-13-25-24(27)16-26-15-23(21-7-4-5-8-22(21)26)31(28,29)17-20-11-9-19(3)10-12-20/h4-5,7-12,15,18H,6,13-14,16-17H2,1-3H3,(H,25,27). The number of carbonyl (C=O) groups is 1. The van der Waals surface area contributed by atoms with Crippen molar-refractivity contribution in [2.45, 2.75) is 50.5 Å². The van der Waals surface area contributed by atoms with E-state index in [0.717, 1.165) is 23.1 Å². The van der Waals surface area contributed by atoms with Crippen LogP contribution in [-0.2, 0) is 31.7 Å². The molecule has 0 spiro atoms. The van der Waals surface area contributed by atoms with E-state index in [-0.39, 0.29) is 29.2 Å². The summed E-state index contributed by atoms with van der Waals surface area (Å²) in [5, 5.41) is 3.51. The van der Waals surface area contributed by atoms with E-state index in [2.05, 4.69) is 5.32 Å². The van der Waals surface area contributed by atoms with Crippen molar-refractivity contribution in [1.29, 1.82) is 0 Å². The molecule has 2 aromatic carbocycles. The Morgan fingerprint density at radius 3 is 2.52 bits per heavy atom. The molecule has 0 atom stereocenters. The smallest absolute Gasteiger partial charge is 0.239 e. The van der Waals surface area contributed by atoms with E-state index in [1.165, 1.54) is 0 Å². The Kier molecular flexibility index (Phi) is 7.51. The van der Waals surface area contributed by atoms with Crippen LogP contribution in [0, 0.1) is 6.92 Å². The number of nitrogens with one attached hydrogen (secondary N) is 1. The van der Waals surface area contributed by atoms with Crippen molar-refractivity contribution in [2.75, 3.05) is 13.2 Å². The first kappa shape index (κ1) is 23.0. The third kappa shape index (κ3) is 6.18. The molecule has 0 bridgehead atoms.